The smallest absolute Gasteiger partial charge is 0.119 e. The fraction of sp³-hybridized carbons (Fsp3) is 0.625. The van der Waals surface area contributed by atoms with E-state index in [1.165, 1.54) is 5.56 Å². The third kappa shape index (κ3) is 6.08. The van der Waals surface area contributed by atoms with Gasteiger partial charge >= 0.3 is 0 Å². The first-order chi connectivity index (χ1) is 9.17. The van der Waals surface area contributed by atoms with Crippen molar-refractivity contribution in [1.82, 2.24) is 5.32 Å². The lowest BCUT2D eigenvalue weighted by molar-refractivity contribution is 0.183. The van der Waals surface area contributed by atoms with E-state index < -0.39 is 0 Å². The molecule has 0 fully saturated rings. The van der Waals surface area contributed by atoms with Crippen molar-refractivity contribution >= 4 is 0 Å². The van der Waals surface area contributed by atoms with Crippen LogP contribution in [0.4, 0.5) is 0 Å². The van der Waals surface area contributed by atoms with Crippen LogP contribution < -0.4 is 10.1 Å². The Hall–Kier alpha value is -1.06. The van der Waals surface area contributed by atoms with Crippen LogP contribution in [0.25, 0.3) is 0 Å². The normalized spacial score (nSPS) is 12.7. The first-order valence-corrected chi connectivity index (χ1v) is 7.16. The molecule has 1 aromatic rings. The average Bonchev–Trinajstić information content (AvgIpc) is 2.39. The summed E-state index contributed by atoms with van der Waals surface area (Å²) in [6, 6.07) is 8.72. The molecule has 3 nitrogen and oxygen atoms in total. The second kappa shape index (κ2) is 8.94. The Labute approximate surface area is 117 Å². The van der Waals surface area contributed by atoms with E-state index in [0.717, 1.165) is 31.7 Å². The largest absolute Gasteiger partial charge is 0.491 e. The molecule has 0 saturated heterocycles. The van der Waals surface area contributed by atoms with Crippen molar-refractivity contribution in [3.63, 3.8) is 0 Å². The first kappa shape index (κ1) is 16.0. The Kier molecular flexibility index (Phi) is 7.53. The van der Waals surface area contributed by atoms with Gasteiger partial charge in [-0.2, -0.15) is 0 Å². The molecule has 0 saturated carbocycles. The van der Waals surface area contributed by atoms with E-state index in [0.29, 0.717) is 6.04 Å². The number of benzene rings is 1. The molecule has 0 aliphatic heterocycles. The summed E-state index contributed by atoms with van der Waals surface area (Å²) in [7, 11) is 1.75. The van der Waals surface area contributed by atoms with E-state index in [2.05, 4.69) is 24.4 Å². The summed E-state index contributed by atoms with van der Waals surface area (Å²) in [4.78, 5) is 0. The summed E-state index contributed by atoms with van der Waals surface area (Å²) in [5, 5.41) is 3.56. The summed E-state index contributed by atoms with van der Waals surface area (Å²) in [6.45, 7) is 8.06. The second-order valence-electron chi connectivity index (χ2n) is 5.02. The van der Waals surface area contributed by atoms with Gasteiger partial charge in [0.05, 0.1) is 6.10 Å². The average molecular weight is 265 g/mol. The molecule has 3 heteroatoms. The fourth-order valence-electron chi connectivity index (χ4n) is 1.99. The molecule has 0 aliphatic rings. The van der Waals surface area contributed by atoms with E-state index in [1.807, 2.05) is 26.0 Å². The highest BCUT2D eigenvalue weighted by molar-refractivity contribution is 5.29. The lowest BCUT2D eigenvalue weighted by Gasteiger charge is -2.19. The van der Waals surface area contributed by atoms with Crippen LogP contribution in [-0.2, 0) is 4.74 Å². The van der Waals surface area contributed by atoms with Crippen LogP contribution >= 0.6 is 0 Å². The van der Waals surface area contributed by atoms with E-state index >= 15 is 0 Å². The van der Waals surface area contributed by atoms with Crippen molar-refractivity contribution in [2.45, 2.75) is 45.8 Å². The lowest BCUT2D eigenvalue weighted by atomic mass is 10.0. The number of rotatable bonds is 9. The second-order valence-corrected chi connectivity index (χ2v) is 5.02. The molecule has 19 heavy (non-hydrogen) atoms. The molecule has 0 aliphatic carbocycles. The van der Waals surface area contributed by atoms with Crippen LogP contribution in [0.15, 0.2) is 24.3 Å². The molecule has 1 N–H and O–H groups in total. The molecule has 1 rings (SSSR count). The molecule has 0 bridgehead atoms. The first-order valence-electron chi connectivity index (χ1n) is 7.16. The van der Waals surface area contributed by atoms with Gasteiger partial charge in [-0.1, -0.05) is 19.1 Å². The standard InChI is InChI=1S/C16H27NO2/c1-5-11-17-16(10-12-18-4)14-6-8-15(9-7-14)19-13(2)3/h6-9,13,16-17H,5,10-12H2,1-4H3. The highest BCUT2D eigenvalue weighted by Gasteiger charge is 2.10. The molecule has 0 amide bonds. The maximum absolute atomic E-state index is 5.67. The molecule has 0 heterocycles. The number of nitrogens with one attached hydrogen (secondary N) is 1. The molecule has 1 aromatic carbocycles. The van der Waals surface area contributed by atoms with Gasteiger partial charge < -0.3 is 14.8 Å². The minimum absolute atomic E-state index is 0.216. The highest BCUT2D eigenvalue weighted by atomic mass is 16.5. The number of methoxy groups -OCH3 is 1. The summed E-state index contributed by atoms with van der Waals surface area (Å²) in [5.74, 6) is 0.930. The molecule has 0 radical (unpaired) electrons. The predicted octanol–water partition coefficient (Wildman–Crippen LogP) is 3.55. The monoisotopic (exact) mass is 265 g/mol. The van der Waals surface area contributed by atoms with Crippen molar-refractivity contribution in [3.8, 4) is 5.75 Å². The van der Waals surface area contributed by atoms with Gasteiger partial charge in [0.25, 0.3) is 0 Å². The number of hydrogen-bond donors (Lipinski definition) is 1. The van der Waals surface area contributed by atoms with Crippen LogP contribution in [0.2, 0.25) is 0 Å². The van der Waals surface area contributed by atoms with Crippen molar-refractivity contribution < 1.29 is 9.47 Å². The Morgan fingerprint density at radius 3 is 2.37 bits per heavy atom. The minimum atomic E-state index is 0.216. The van der Waals surface area contributed by atoms with Gasteiger partial charge in [0, 0.05) is 19.8 Å². The van der Waals surface area contributed by atoms with Gasteiger partial charge in [-0.15, -0.1) is 0 Å². The molecule has 0 spiro atoms. The van der Waals surface area contributed by atoms with Crippen LogP contribution in [0, 0.1) is 0 Å². The molecule has 1 unspecified atom stereocenters. The topological polar surface area (TPSA) is 30.5 Å². The van der Waals surface area contributed by atoms with Crippen LogP contribution in [0.1, 0.15) is 45.2 Å². The summed E-state index contributed by atoms with van der Waals surface area (Å²) < 4.78 is 10.9. The van der Waals surface area contributed by atoms with Crippen molar-refractivity contribution in [2.24, 2.45) is 0 Å². The zero-order valence-corrected chi connectivity index (χ0v) is 12.6. The maximum atomic E-state index is 5.67. The molecule has 1 atom stereocenters. The predicted molar refractivity (Wildman–Crippen MR) is 79.7 cm³/mol. The Morgan fingerprint density at radius 1 is 1.16 bits per heavy atom. The maximum Gasteiger partial charge on any atom is 0.119 e. The van der Waals surface area contributed by atoms with E-state index in [-0.39, 0.29) is 6.10 Å². The van der Waals surface area contributed by atoms with Crippen molar-refractivity contribution in [2.75, 3.05) is 20.3 Å². The van der Waals surface area contributed by atoms with Gasteiger partial charge in [0.1, 0.15) is 5.75 Å². The quantitative estimate of drug-likeness (QED) is 0.740. The lowest BCUT2D eigenvalue weighted by Crippen LogP contribution is -2.23. The molecular weight excluding hydrogens is 238 g/mol. The molecule has 108 valence electrons. The Bertz CT molecular complexity index is 327. The van der Waals surface area contributed by atoms with E-state index in [9.17, 15) is 0 Å². The summed E-state index contributed by atoms with van der Waals surface area (Å²) >= 11 is 0. The van der Waals surface area contributed by atoms with Gasteiger partial charge in [0.2, 0.25) is 0 Å². The minimum Gasteiger partial charge on any atom is -0.491 e. The van der Waals surface area contributed by atoms with Gasteiger partial charge in [-0.05, 0) is 50.9 Å². The summed E-state index contributed by atoms with van der Waals surface area (Å²) in [5.41, 5.74) is 1.29. The highest BCUT2D eigenvalue weighted by Crippen LogP contribution is 2.21. The van der Waals surface area contributed by atoms with Gasteiger partial charge in [-0.3, -0.25) is 0 Å². The Morgan fingerprint density at radius 2 is 1.84 bits per heavy atom. The van der Waals surface area contributed by atoms with Gasteiger partial charge in [0.15, 0.2) is 0 Å². The van der Waals surface area contributed by atoms with Crippen molar-refractivity contribution in [3.05, 3.63) is 29.8 Å². The zero-order chi connectivity index (χ0) is 14.1. The van der Waals surface area contributed by atoms with Crippen LogP contribution in [-0.4, -0.2) is 26.4 Å². The zero-order valence-electron chi connectivity index (χ0n) is 12.6. The van der Waals surface area contributed by atoms with Gasteiger partial charge in [-0.25, -0.2) is 0 Å². The van der Waals surface area contributed by atoms with Crippen molar-refractivity contribution in [1.29, 1.82) is 0 Å². The Balaban J connectivity index is 2.66. The van der Waals surface area contributed by atoms with E-state index in [1.54, 1.807) is 7.11 Å². The third-order valence-electron chi connectivity index (χ3n) is 2.91. The fourth-order valence-corrected chi connectivity index (χ4v) is 1.99. The summed E-state index contributed by atoms with van der Waals surface area (Å²) in [6.07, 6.45) is 2.34. The number of ether oxygens (including phenoxy) is 2. The molecule has 0 aromatic heterocycles. The number of hydrogen-bond acceptors (Lipinski definition) is 3. The van der Waals surface area contributed by atoms with E-state index in [4.69, 9.17) is 9.47 Å². The third-order valence-corrected chi connectivity index (χ3v) is 2.91. The SMILES string of the molecule is CCCNC(CCOC)c1ccc(OC(C)C)cc1. The molecular formula is C16H27NO2. The van der Waals surface area contributed by atoms with Crippen LogP contribution in [0.3, 0.4) is 0 Å². The van der Waals surface area contributed by atoms with Crippen LogP contribution in [0.5, 0.6) is 5.75 Å².